The molecule has 10 nitrogen and oxygen atoms in total. The fraction of sp³-hybridized carbons (Fsp3) is 0.520. The molecule has 1 amide bonds. The molecule has 1 aromatic heterocycles. The number of carbonyl (C=O) groups excluding carboxylic acids is 2. The number of anilines is 2. The van der Waals surface area contributed by atoms with E-state index in [-0.39, 0.29) is 28.9 Å². The summed E-state index contributed by atoms with van der Waals surface area (Å²) in [4.78, 5) is 24.9. The number of ether oxygens (including phenoxy) is 1. The van der Waals surface area contributed by atoms with Crippen LogP contribution in [0.15, 0.2) is 24.4 Å². The number of hydrogen-bond acceptors (Lipinski definition) is 8. The standard InChI is InChI=1S/C25H32BN5O5/c1-24(2)25(3,4)36-26(35-24)19-11-10-16(12-17(19)23(33)34-5)29-22-18(21(28)32)14-31(30-22)20-9-7-6-8-15(20)13-27/h10-12,14-15,20H,6-9H2,1-5H3,(H2,28,32)(H,29,30)/t15?,20-/m0/s1. The quantitative estimate of drug-likeness (QED) is 0.462. The van der Waals surface area contributed by atoms with Crippen molar-refractivity contribution in [1.82, 2.24) is 9.78 Å². The number of primary amides is 1. The van der Waals surface area contributed by atoms with Crippen molar-refractivity contribution in [3.8, 4) is 6.07 Å². The predicted molar refractivity (Wildman–Crippen MR) is 134 cm³/mol. The molecule has 1 aliphatic heterocycles. The van der Waals surface area contributed by atoms with Gasteiger partial charge in [-0.1, -0.05) is 18.9 Å². The number of carbonyl (C=O) groups is 2. The van der Waals surface area contributed by atoms with E-state index in [0.29, 0.717) is 11.2 Å². The molecule has 11 heteroatoms. The van der Waals surface area contributed by atoms with Crippen molar-refractivity contribution < 1.29 is 23.6 Å². The third-order valence-corrected chi connectivity index (χ3v) is 7.46. The number of nitriles is 1. The van der Waals surface area contributed by atoms with Crippen LogP contribution in [0.5, 0.6) is 0 Å². The van der Waals surface area contributed by atoms with Gasteiger partial charge in [-0.25, -0.2) is 4.79 Å². The van der Waals surface area contributed by atoms with Gasteiger partial charge < -0.3 is 25.1 Å². The number of nitrogens with zero attached hydrogens (tertiary/aromatic N) is 3. The molecule has 190 valence electrons. The van der Waals surface area contributed by atoms with Crippen LogP contribution in [0.25, 0.3) is 0 Å². The first-order chi connectivity index (χ1) is 17.0. The molecule has 2 heterocycles. The SMILES string of the molecule is COC(=O)c1cc(Nc2nn([C@H]3CCCCC3C#N)cc2C(N)=O)ccc1B1OC(C)(C)C(C)(C)O1. The highest BCUT2D eigenvalue weighted by Gasteiger charge is 2.52. The first-order valence-corrected chi connectivity index (χ1v) is 12.1. The number of nitrogens with one attached hydrogen (secondary N) is 1. The fourth-order valence-corrected chi connectivity index (χ4v) is 4.65. The van der Waals surface area contributed by atoms with Gasteiger partial charge in [0.15, 0.2) is 5.82 Å². The van der Waals surface area contributed by atoms with Crippen LogP contribution in [0.3, 0.4) is 0 Å². The molecule has 2 aromatic rings. The van der Waals surface area contributed by atoms with Crippen molar-refractivity contribution in [3.05, 3.63) is 35.5 Å². The van der Waals surface area contributed by atoms with E-state index < -0.39 is 30.2 Å². The molecule has 0 radical (unpaired) electrons. The van der Waals surface area contributed by atoms with Crippen LogP contribution in [0.2, 0.25) is 0 Å². The summed E-state index contributed by atoms with van der Waals surface area (Å²) in [5.41, 5.74) is 5.98. The zero-order valence-corrected chi connectivity index (χ0v) is 21.3. The number of benzene rings is 1. The maximum atomic E-state index is 12.7. The molecule has 1 saturated heterocycles. The Morgan fingerprint density at radius 3 is 2.47 bits per heavy atom. The molecule has 1 aliphatic carbocycles. The molecular formula is C25H32BN5O5. The van der Waals surface area contributed by atoms with E-state index in [1.54, 1.807) is 29.1 Å². The van der Waals surface area contributed by atoms with Gasteiger partial charge in [0.25, 0.3) is 5.91 Å². The number of esters is 1. The highest BCUT2D eigenvalue weighted by molar-refractivity contribution is 6.63. The lowest BCUT2D eigenvalue weighted by Crippen LogP contribution is -2.41. The molecule has 3 N–H and O–H groups in total. The maximum Gasteiger partial charge on any atom is 0.495 e. The molecule has 1 saturated carbocycles. The van der Waals surface area contributed by atoms with Gasteiger partial charge in [0.2, 0.25) is 0 Å². The van der Waals surface area contributed by atoms with Crippen LogP contribution < -0.4 is 16.5 Å². The number of aromatic nitrogens is 2. The molecule has 0 bridgehead atoms. The van der Waals surface area contributed by atoms with E-state index in [2.05, 4.69) is 16.5 Å². The third-order valence-electron chi connectivity index (χ3n) is 7.46. The van der Waals surface area contributed by atoms with Crippen molar-refractivity contribution in [3.63, 3.8) is 0 Å². The molecule has 36 heavy (non-hydrogen) atoms. The second kappa shape index (κ2) is 9.60. The third kappa shape index (κ3) is 4.71. The van der Waals surface area contributed by atoms with Gasteiger partial charge in [0.05, 0.1) is 41.9 Å². The van der Waals surface area contributed by atoms with E-state index >= 15 is 0 Å². The summed E-state index contributed by atoms with van der Waals surface area (Å²) < 4.78 is 18.9. The van der Waals surface area contributed by atoms with Crippen molar-refractivity contribution in [2.45, 2.75) is 70.6 Å². The first kappa shape index (κ1) is 25.7. The Morgan fingerprint density at radius 2 is 1.86 bits per heavy atom. The lowest BCUT2D eigenvalue weighted by atomic mass is 9.75. The van der Waals surface area contributed by atoms with Gasteiger partial charge in [-0.05, 0) is 58.1 Å². The van der Waals surface area contributed by atoms with Crippen LogP contribution in [-0.2, 0) is 14.0 Å². The Hall–Kier alpha value is -3.36. The zero-order valence-electron chi connectivity index (χ0n) is 21.3. The van der Waals surface area contributed by atoms with E-state index in [0.717, 1.165) is 25.7 Å². The average molecular weight is 493 g/mol. The Bertz CT molecular complexity index is 1200. The Morgan fingerprint density at radius 1 is 1.19 bits per heavy atom. The lowest BCUT2D eigenvalue weighted by Gasteiger charge is -2.32. The predicted octanol–water partition coefficient (Wildman–Crippen LogP) is 3.07. The summed E-state index contributed by atoms with van der Waals surface area (Å²) in [7, 11) is 0.548. The molecule has 1 aromatic carbocycles. The van der Waals surface area contributed by atoms with E-state index in [1.165, 1.54) is 7.11 Å². The zero-order chi connectivity index (χ0) is 26.3. The van der Waals surface area contributed by atoms with Gasteiger partial charge in [-0.2, -0.15) is 10.4 Å². The Kier molecular flexibility index (Phi) is 6.86. The van der Waals surface area contributed by atoms with Crippen molar-refractivity contribution in [2.24, 2.45) is 11.7 Å². The topological polar surface area (TPSA) is 141 Å². The Labute approximate surface area is 211 Å². The monoisotopic (exact) mass is 493 g/mol. The normalized spacial score (nSPS) is 22.6. The van der Waals surface area contributed by atoms with E-state index in [9.17, 15) is 14.9 Å². The van der Waals surface area contributed by atoms with E-state index in [1.807, 2.05) is 27.7 Å². The maximum absolute atomic E-state index is 12.7. The Balaban J connectivity index is 1.67. The second-order valence-electron chi connectivity index (χ2n) is 10.3. The summed E-state index contributed by atoms with van der Waals surface area (Å²) in [6, 6.07) is 7.31. The lowest BCUT2D eigenvalue weighted by molar-refractivity contribution is 0.00578. The van der Waals surface area contributed by atoms with Gasteiger partial charge in [-0.3, -0.25) is 9.48 Å². The molecular weight excluding hydrogens is 461 g/mol. The molecule has 1 unspecified atom stereocenters. The van der Waals surface area contributed by atoms with E-state index in [4.69, 9.17) is 19.8 Å². The van der Waals surface area contributed by atoms with Gasteiger partial charge >= 0.3 is 13.1 Å². The summed E-state index contributed by atoms with van der Waals surface area (Å²) in [5, 5.41) is 17.2. The highest BCUT2D eigenvalue weighted by atomic mass is 16.7. The first-order valence-electron chi connectivity index (χ1n) is 12.1. The largest absolute Gasteiger partial charge is 0.495 e. The van der Waals surface area contributed by atoms with Crippen LogP contribution in [-0.4, -0.2) is 47.1 Å². The van der Waals surface area contributed by atoms with Crippen molar-refractivity contribution in [1.29, 1.82) is 5.26 Å². The van der Waals surface area contributed by atoms with Gasteiger partial charge in [-0.15, -0.1) is 0 Å². The van der Waals surface area contributed by atoms with Crippen LogP contribution in [0, 0.1) is 17.2 Å². The second-order valence-corrected chi connectivity index (χ2v) is 10.3. The van der Waals surface area contributed by atoms with Crippen molar-refractivity contribution >= 4 is 36.0 Å². The molecule has 2 fully saturated rings. The minimum absolute atomic E-state index is 0.131. The van der Waals surface area contributed by atoms with Gasteiger partial charge in [0, 0.05) is 11.9 Å². The van der Waals surface area contributed by atoms with Crippen LogP contribution >= 0.6 is 0 Å². The minimum Gasteiger partial charge on any atom is -0.465 e. The molecule has 4 rings (SSSR count). The number of nitrogens with two attached hydrogens (primary N) is 1. The molecule has 2 atom stereocenters. The summed E-state index contributed by atoms with van der Waals surface area (Å²) in [6.45, 7) is 7.74. The molecule has 0 spiro atoms. The highest BCUT2D eigenvalue weighted by Crippen LogP contribution is 2.37. The smallest absolute Gasteiger partial charge is 0.465 e. The summed E-state index contributed by atoms with van der Waals surface area (Å²) in [5.74, 6) is -1.13. The number of rotatable bonds is 6. The fourth-order valence-electron chi connectivity index (χ4n) is 4.65. The number of hydrogen-bond donors (Lipinski definition) is 2. The molecule has 2 aliphatic rings. The van der Waals surface area contributed by atoms with Crippen molar-refractivity contribution in [2.75, 3.05) is 12.4 Å². The van der Waals surface area contributed by atoms with Gasteiger partial charge in [0.1, 0.15) is 5.56 Å². The average Bonchev–Trinajstić information content (AvgIpc) is 3.35. The summed E-state index contributed by atoms with van der Waals surface area (Å²) >= 11 is 0. The minimum atomic E-state index is -0.757. The van der Waals surface area contributed by atoms with Crippen LogP contribution in [0.1, 0.15) is 80.1 Å². The summed E-state index contributed by atoms with van der Waals surface area (Å²) in [6.07, 6.45) is 5.16. The van der Waals surface area contributed by atoms with Crippen LogP contribution in [0.4, 0.5) is 11.5 Å². The number of methoxy groups -OCH3 is 1. The number of amides is 1.